The van der Waals surface area contributed by atoms with Crippen LogP contribution >= 0.6 is 0 Å². The van der Waals surface area contributed by atoms with Gasteiger partial charge in [-0.05, 0) is 12.1 Å². The minimum absolute atomic E-state index is 0.211. The first-order valence-corrected chi connectivity index (χ1v) is 4.13. The molecule has 2 rings (SSSR count). The van der Waals surface area contributed by atoms with Crippen molar-refractivity contribution in [2.75, 3.05) is 13.7 Å². The van der Waals surface area contributed by atoms with Crippen LogP contribution in [0.3, 0.4) is 0 Å². The number of carbonyl (C=O) groups is 1. The third-order valence-corrected chi connectivity index (χ3v) is 1.86. The number of hydrogen-bond donors (Lipinski definition) is 0. The lowest BCUT2D eigenvalue weighted by Gasteiger charge is -1.99. The van der Waals surface area contributed by atoms with Crippen molar-refractivity contribution in [2.24, 2.45) is 4.99 Å². The number of rotatable bonds is 2. The zero-order valence-electron chi connectivity index (χ0n) is 7.60. The van der Waals surface area contributed by atoms with Gasteiger partial charge in [-0.25, -0.2) is 9.79 Å². The summed E-state index contributed by atoms with van der Waals surface area (Å²) in [7, 11) is 1.32. The maximum atomic E-state index is 11.1. The molecular formula is C9H9NO4. The van der Waals surface area contributed by atoms with Gasteiger partial charge in [0.05, 0.1) is 13.4 Å². The second kappa shape index (κ2) is 3.53. The summed E-state index contributed by atoms with van der Waals surface area (Å²) in [5.74, 6) is 0.480. The molecule has 0 saturated heterocycles. The zero-order valence-corrected chi connectivity index (χ0v) is 7.60. The molecule has 0 aromatic carbocycles. The molecule has 1 atom stereocenters. The van der Waals surface area contributed by atoms with E-state index in [-0.39, 0.29) is 6.61 Å². The number of ether oxygens (including phenoxy) is 2. The Morgan fingerprint density at radius 1 is 1.71 bits per heavy atom. The number of carbonyl (C=O) groups excluding carboxylic acids is 1. The number of aliphatic imine (C=N–C) groups is 1. The van der Waals surface area contributed by atoms with E-state index in [1.807, 2.05) is 0 Å². The highest BCUT2D eigenvalue weighted by Crippen LogP contribution is 2.13. The van der Waals surface area contributed by atoms with E-state index >= 15 is 0 Å². The van der Waals surface area contributed by atoms with Gasteiger partial charge in [0, 0.05) is 0 Å². The van der Waals surface area contributed by atoms with Crippen molar-refractivity contribution < 1.29 is 18.7 Å². The van der Waals surface area contributed by atoms with Crippen molar-refractivity contribution >= 4 is 11.9 Å². The maximum absolute atomic E-state index is 11.1. The molecule has 0 N–H and O–H groups in total. The van der Waals surface area contributed by atoms with E-state index in [1.165, 1.54) is 13.4 Å². The largest absolute Gasteiger partial charge is 0.472 e. The van der Waals surface area contributed by atoms with Crippen LogP contribution in [0.2, 0.25) is 0 Å². The lowest BCUT2D eigenvalue weighted by atomic mass is 10.3. The van der Waals surface area contributed by atoms with Crippen molar-refractivity contribution in [2.45, 2.75) is 6.04 Å². The van der Waals surface area contributed by atoms with Gasteiger partial charge in [0.1, 0.15) is 6.61 Å². The standard InChI is InChI=1S/C9H9NO4/c1-12-9(11)6-5-14-8(10-6)7-3-2-4-13-7/h2-4,6H,5H2,1H3/t6-/m0/s1. The van der Waals surface area contributed by atoms with E-state index in [9.17, 15) is 4.79 Å². The van der Waals surface area contributed by atoms with E-state index in [2.05, 4.69) is 9.73 Å². The number of nitrogens with zero attached hydrogens (tertiary/aromatic N) is 1. The quantitative estimate of drug-likeness (QED) is 0.648. The minimum Gasteiger partial charge on any atom is -0.472 e. The minimum atomic E-state index is -0.569. The molecule has 1 aliphatic heterocycles. The molecule has 0 bridgehead atoms. The van der Waals surface area contributed by atoms with Crippen LogP contribution in [0.4, 0.5) is 0 Å². The Bertz CT molecular complexity index is 355. The fraction of sp³-hybridized carbons (Fsp3) is 0.333. The summed E-state index contributed by atoms with van der Waals surface area (Å²) in [5.41, 5.74) is 0. The van der Waals surface area contributed by atoms with Crippen LogP contribution in [-0.4, -0.2) is 31.6 Å². The highest BCUT2D eigenvalue weighted by molar-refractivity contribution is 5.95. The van der Waals surface area contributed by atoms with Gasteiger partial charge in [-0.15, -0.1) is 0 Å². The van der Waals surface area contributed by atoms with E-state index in [0.717, 1.165) is 0 Å². The molecule has 1 aromatic heterocycles. The first kappa shape index (κ1) is 8.80. The Morgan fingerprint density at radius 2 is 2.57 bits per heavy atom. The van der Waals surface area contributed by atoms with Crippen LogP contribution in [0.15, 0.2) is 27.8 Å². The fourth-order valence-electron chi connectivity index (χ4n) is 1.17. The first-order valence-electron chi connectivity index (χ1n) is 4.13. The van der Waals surface area contributed by atoms with E-state index < -0.39 is 12.0 Å². The van der Waals surface area contributed by atoms with Crippen LogP contribution in [0.25, 0.3) is 0 Å². The molecule has 0 fully saturated rings. The van der Waals surface area contributed by atoms with Crippen LogP contribution in [0, 0.1) is 0 Å². The molecule has 0 aliphatic carbocycles. The second-order valence-electron chi connectivity index (χ2n) is 2.76. The Kier molecular flexibility index (Phi) is 2.22. The van der Waals surface area contributed by atoms with Gasteiger partial charge in [-0.2, -0.15) is 0 Å². The predicted molar refractivity (Wildman–Crippen MR) is 47.0 cm³/mol. The summed E-state index contributed by atoms with van der Waals surface area (Å²) in [6.45, 7) is 0.211. The second-order valence-corrected chi connectivity index (χ2v) is 2.76. The van der Waals surface area contributed by atoms with Crippen LogP contribution in [-0.2, 0) is 14.3 Å². The highest BCUT2D eigenvalue weighted by atomic mass is 16.5. The zero-order chi connectivity index (χ0) is 9.97. The monoisotopic (exact) mass is 195 g/mol. The van der Waals surface area contributed by atoms with Crippen molar-refractivity contribution in [1.82, 2.24) is 0 Å². The van der Waals surface area contributed by atoms with Gasteiger partial charge in [-0.1, -0.05) is 0 Å². The van der Waals surface area contributed by atoms with Crippen molar-refractivity contribution in [3.05, 3.63) is 24.2 Å². The van der Waals surface area contributed by atoms with Crippen LogP contribution in [0.1, 0.15) is 5.76 Å². The van der Waals surface area contributed by atoms with Crippen LogP contribution in [0.5, 0.6) is 0 Å². The molecule has 0 amide bonds. The fourth-order valence-corrected chi connectivity index (χ4v) is 1.17. The molecule has 0 unspecified atom stereocenters. The highest BCUT2D eigenvalue weighted by Gasteiger charge is 2.28. The van der Waals surface area contributed by atoms with E-state index in [4.69, 9.17) is 9.15 Å². The molecule has 0 radical (unpaired) electrons. The maximum Gasteiger partial charge on any atom is 0.334 e. The van der Waals surface area contributed by atoms with E-state index in [1.54, 1.807) is 12.1 Å². The summed E-state index contributed by atoms with van der Waals surface area (Å²) in [6, 6.07) is 2.88. The topological polar surface area (TPSA) is 61.0 Å². The Labute approximate surface area is 80.3 Å². The number of esters is 1. The van der Waals surface area contributed by atoms with Crippen molar-refractivity contribution in [3.8, 4) is 0 Å². The number of methoxy groups -OCH3 is 1. The number of hydrogen-bond acceptors (Lipinski definition) is 5. The van der Waals surface area contributed by atoms with Crippen molar-refractivity contribution in [1.29, 1.82) is 0 Å². The number of furan rings is 1. The molecule has 2 heterocycles. The summed E-state index contributed by atoms with van der Waals surface area (Å²) in [6.07, 6.45) is 1.52. The molecule has 14 heavy (non-hydrogen) atoms. The van der Waals surface area contributed by atoms with Gasteiger partial charge >= 0.3 is 5.97 Å². The lowest BCUT2D eigenvalue weighted by molar-refractivity contribution is -0.142. The van der Waals surface area contributed by atoms with E-state index in [0.29, 0.717) is 11.7 Å². The Hall–Kier alpha value is -1.78. The summed E-state index contributed by atoms with van der Waals surface area (Å²) in [4.78, 5) is 15.1. The molecule has 5 nitrogen and oxygen atoms in total. The molecule has 0 spiro atoms. The lowest BCUT2D eigenvalue weighted by Crippen LogP contribution is -2.21. The van der Waals surface area contributed by atoms with Gasteiger partial charge in [-0.3, -0.25) is 0 Å². The Morgan fingerprint density at radius 3 is 3.21 bits per heavy atom. The van der Waals surface area contributed by atoms with Gasteiger partial charge in [0.15, 0.2) is 11.8 Å². The molecule has 0 saturated carbocycles. The van der Waals surface area contributed by atoms with Gasteiger partial charge in [0.25, 0.3) is 5.90 Å². The van der Waals surface area contributed by atoms with Crippen LogP contribution < -0.4 is 0 Å². The molecule has 1 aromatic rings. The summed E-state index contributed by atoms with van der Waals surface area (Å²) >= 11 is 0. The SMILES string of the molecule is COC(=O)[C@@H]1COC(c2ccco2)=N1. The molecular weight excluding hydrogens is 186 g/mol. The van der Waals surface area contributed by atoms with Gasteiger partial charge < -0.3 is 13.9 Å². The normalized spacial score (nSPS) is 20.1. The molecule has 74 valence electrons. The molecule has 5 heteroatoms. The average Bonchev–Trinajstić information content (AvgIpc) is 2.86. The third-order valence-electron chi connectivity index (χ3n) is 1.86. The third kappa shape index (κ3) is 1.48. The predicted octanol–water partition coefficient (Wildman–Crippen LogP) is 0.598. The smallest absolute Gasteiger partial charge is 0.334 e. The Balaban J connectivity index is 2.14. The van der Waals surface area contributed by atoms with Crippen molar-refractivity contribution in [3.63, 3.8) is 0 Å². The molecule has 1 aliphatic rings. The summed E-state index contributed by atoms with van der Waals surface area (Å²) < 4.78 is 14.8. The summed E-state index contributed by atoms with van der Waals surface area (Å²) in [5, 5.41) is 0. The average molecular weight is 195 g/mol. The van der Waals surface area contributed by atoms with Gasteiger partial charge in [0.2, 0.25) is 0 Å². The first-order chi connectivity index (χ1) is 6.81.